The normalized spacial score (nSPS) is 15.5. The van der Waals surface area contributed by atoms with Crippen LogP contribution in [0.2, 0.25) is 0 Å². The van der Waals surface area contributed by atoms with Gasteiger partial charge >= 0.3 is 5.97 Å². The SMILES string of the molecule is COC(=O)c1ccc([C@H]2CC(=O)Nc3c2ncn3-c2ccc(OC)cc2)cc1. The van der Waals surface area contributed by atoms with Crippen molar-refractivity contribution in [2.75, 3.05) is 19.5 Å². The van der Waals surface area contributed by atoms with Crippen molar-refractivity contribution >= 4 is 17.7 Å². The lowest BCUT2D eigenvalue weighted by Crippen LogP contribution is -2.25. The predicted molar refractivity (Wildman–Crippen MR) is 103 cm³/mol. The smallest absolute Gasteiger partial charge is 0.337 e. The average molecular weight is 377 g/mol. The average Bonchev–Trinajstić information content (AvgIpc) is 3.16. The third-order valence-corrected chi connectivity index (χ3v) is 4.86. The Morgan fingerprint density at radius 3 is 2.46 bits per heavy atom. The van der Waals surface area contributed by atoms with Crippen LogP contribution < -0.4 is 10.1 Å². The molecule has 0 bridgehead atoms. The monoisotopic (exact) mass is 377 g/mol. The molecule has 0 unspecified atom stereocenters. The van der Waals surface area contributed by atoms with Crippen molar-refractivity contribution in [3.63, 3.8) is 0 Å². The van der Waals surface area contributed by atoms with E-state index in [-0.39, 0.29) is 11.8 Å². The second kappa shape index (κ2) is 7.19. The van der Waals surface area contributed by atoms with Crippen LogP contribution in [0.25, 0.3) is 5.69 Å². The number of nitrogens with zero attached hydrogens (tertiary/aromatic N) is 2. The molecule has 142 valence electrons. The van der Waals surface area contributed by atoms with Crippen LogP contribution in [-0.4, -0.2) is 35.6 Å². The Morgan fingerprint density at radius 1 is 1.11 bits per heavy atom. The number of amides is 1. The third kappa shape index (κ3) is 3.11. The third-order valence-electron chi connectivity index (χ3n) is 4.86. The second-order valence-electron chi connectivity index (χ2n) is 6.46. The number of anilines is 1. The first-order chi connectivity index (χ1) is 13.6. The molecule has 1 atom stereocenters. The number of esters is 1. The molecular formula is C21H19N3O4. The van der Waals surface area contributed by atoms with Crippen LogP contribution in [0.5, 0.6) is 5.75 Å². The number of imidazole rings is 1. The highest BCUT2D eigenvalue weighted by Crippen LogP contribution is 2.37. The maximum Gasteiger partial charge on any atom is 0.337 e. The van der Waals surface area contributed by atoms with Crippen molar-refractivity contribution in [3.05, 3.63) is 71.7 Å². The van der Waals surface area contributed by atoms with Crippen molar-refractivity contribution in [2.24, 2.45) is 0 Å². The van der Waals surface area contributed by atoms with E-state index in [1.54, 1.807) is 25.6 Å². The van der Waals surface area contributed by atoms with Gasteiger partial charge in [-0.15, -0.1) is 0 Å². The molecular weight excluding hydrogens is 358 g/mol. The molecule has 1 aliphatic heterocycles. The van der Waals surface area contributed by atoms with Gasteiger partial charge in [0.05, 0.1) is 25.5 Å². The summed E-state index contributed by atoms with van der Waals surface area (Å²) in [6.07, 6.45) is 2.00. The lowest BCUT2D eigenvalue weighted by atomic mass is 9.89. The summed E-state index contributed by atoms with van der Waals surface area (Å²) >= 11 is 0. The van der Waals surface area contributed by atoms with E-state index in [1.807, 2.05) is 41.0 Å². The zero-order chi connectivity index (χ0) is 19.7. The van der Waals surface area contributed by atoms with E-state index in [0.29, 0.717) is 17.8 Å². The standard InChI is InChI=1S/C21H19N3O4/c1-27-16-9-7-15(8-10-16)24-12-22-19-17(11-18(25)23-20(19)24)13-3-5-14(6-4-13)21(26)28-2/h3-10,12,17H,11H2,1-2H3,(H,23,25)/t17-/m1/s1. The molecule has 1 amide bonds. The minimum absolute atomic E-state index is 0.0789. The summed E-state index contributed by atoms with van der Waals surface area (Å²) in [7, 11) is 2.96. The first-order valence-electron chi connectivity index (χ1n) is 8.80. The summed E-state index contributed by atoms with van der Waals surface area (Å²) in [4.78, 5) is 28.6. The first-order valence-corrected chi connectivity index (χ1v) is 8.80. The quantitative estimate of drug-likeness (QED) is 0.707. The predicted octanol–water partition coefficient (Wildman–Crippen LogP) is 3.14. The Hall–Kier alpha value is -3.61. The molecule has 0 saturated heterocycles. The molecule has 7 heteroatoms. The number of carbonyl (C=O) groups is 2. The molecule has 1 aliphatic rings. The van der Waals surface area contributed by atoms with E-state index in [1.165, 1.54) is 7.11 Å². The number of carbonyl (C=O) groups excluding carboxylic acids is 2. The fourth-order valence-corrected chi connectivity index (χ4v) is 3.39. The fraction of sp³-hybridized carbons (Fsp3) is 0.190. The molecule has 2 aromatic carbocycles. The molecule has 3 aromatic rings. The maximum absolute atomic E-state index is 12.4. The van der Waals surface area contributed by atoms with Crippen LogP contribution in [0.3, 0.4) is 0 Å². The summed E-state index contributed by atoms with van der Waals surface area (Å²) in [6, 6.07) is 14.6. The van der Waals surface area contributed by atoms with Crippen molar-refractivity contribution in [1.29, 1.82) is 0 Å². The molecule has 1 aromatic heterocycles. The zero-order valence-electron chi connectivity index (χ0n) is 15.5. The van der Waals surface area contributed by atoms with Gasteiger partial charge in [-0.2, -0.15) is 0 Å². The highest BCUT2D eigenvalue weighted by molar-refractivity contribution is 5.94. The molecule has 0 radical (unpaired) electrons. The van der Waals surface area contributed by atoms with E-state index in [2.05, 4.69) is 10.3 Å². The maximum atomic E-state index is 12.4. The first kappa shape index (κ1) is 17.8. The summed E-state index contributed by atoms with van der Waals surface area (Å²) in [5, 5.41) is 2.93. The van der Waals surface area contributed by atoms with Crippen LogP contribution in [0.15, 0.2) is 54.9 Å². The minimum atomic E-state index is -0.391. The molecule has 7 nitrogen and oxygen atoms in total. The van der Waals surface area contributed by atoms with Gasteiger partial charge in [-0.1, -0.05) is 12.1 Å². The van der Waals surface area contributed by atoms with E-state index < -0.39 is 5.97 Å². The highest BCUT2D eigenvalue weighted by atomic mass is 16.5. The Morgan fingerprint density at radius 2 is 1.82 bits per heavy atom. The summed E-state index contributed by atoms with van der Waals surface area (Å²) in [5.74, 6) is 0.756. The number of hydrogen-bond donors (Lipinski definition) is 1. The molecule has 4 rings (SSSR count). The Kier molecular flexibility index (Phi) is 4.57. The van der Waals surface area contributed by atoms with Gasteiger partial charge in [-0.05, 0) is 42.0 Å². The van der Waals surface area contributed by atoms with Crippen LogP contribution in [0, 0.1) is 0 Å². The molecule has 28 heavy (non-hydrogen) atoms. The summed E-state index contributed by atoms with van der Waals surface area (Å²) < 4.78 is 11.8. The van der Waals surface area contributed by atoms with Gasteiger partial charge in [0.25, 0.3) is 0 Å². The van der Waals surface area contributed by atoms with Crippen molar-refractivity contribution in [3.8, 4) is 11.4 Å². The Labute approximate surface area is 161 Å². The summed E-state index contributed by atoms with van der Waals surface area (Å²) in [5.41, 5.74) is 3.05. The second-order valence-corrected chi connectivity index (χ2v) is 6.46. The molecule has 0 aliphatic carbocycles. The lowest BCUT2D eigenvalue weighted by Gasteiger charge is -2.23. The van der Waals surface area contributed by atoms with Crippen LogP contribution >= 0.6 is 0 Å². The van der Waals surface area contributed by atoms with E-state index in [4.69, 9.17) is 9.47 Å². The number of rotatable bonds is 4. The number of fused-ring (bicyclic) bond motifs is 1. The fourth-order valence-electron chi connectivity index (χ4n) is 3.39. The number of benzene rings is 2. The molecule has 2 heterocycles. The molecule has 0 saturated carbocycles. The van der Waals surface area contributed by atoms with Crippen molar-refractivity contribution in [1.82, 2.24) is 9.55 Å². The van der Waals surface area contributed by atoms with Gasteiger partial charge in [0.15, 0.2) is 0 Å². The Bertz CT molecular complexity index is 1020. The lowest BCUT2D eigenvalue weighted by molar-refractivity contribution is -0.116. The van der Waals surface area contributed by atoms with Crippen LogP contribution in [-0.2, 0) is 9.53 Å². The molecule has 0 spiro atoms. The van der Waals surface area contributed by atoms with Gasteiger partial charge in [0, 0.05) is 18.0 Å². The van der Waals surface area contributed by atoms with E-state index in [0.717, 1.165) is 22.7 Å². The van der Waals surface area contributed by atoms with E-state index in [9.17, 15) is 9.59 Å². The highest BCUT2D eigenvalue weighted by Gasteiger charge is 2.31. The van der Waals surface area contributed by atoms with Crippen molar-refractivity contribution in [2.45, 2.75) is 12.3 Å². The molecule has 1 N–H and O–H groups in total. The van der Waals surface area contributed by atoms with Gasteiger partial charge in [0.1, 0.15) is 17.9 Å². The van der Waals surface area contributed by atoms with Gasteiger partial charge in [-0.3, -0.25) is 9.36 Å². The topological polar surface area (TPSA) is 82.5 Å². The largest absolute Gasteiger partial charge is 0.497 e. The Balaban J connectivity index is 1.71. The molecule has 0 fully saturated rings. The van der Waals surface area contributed by atoms with Gasteiger partial charge in [-0.25, -0.2) is 9.78 Å². The number of methoxy groups -OCH3 is 2. The van der Waals surface area contributed by atoms with E-state index >= 15 is 0 Å². The summed E-state index contributed by atoms with van der Waals surface area (Å²) in [6.45, 7) is 0. The minimum Gasteiger partial charge on any atom is -0.497 e. The zero-order valence-corrected chi connectivity index (χ0v) is 15.5. The number of ether oxygens (including phenoxy) is 2. The van der Waals surface area contributed by atoms with Crippen LogP contribution in [0.4, 0.5) is 5.82 Å². The number of nitrogens with one attached hydrogen (secondary N) is 1. The number of aromatic nitrogens is 2. The van der Waals surface area contributed by atoms with Gasteiger partial charge in [0.2, 0.25) is 5.91 Å². The number of hydrogen-bond acceptors (Lipinski definition) is 5. The van der Waals surface area contributed by atoms with Crippen LogP contribution in [0.1, 0.15) is 34.0 Å². The van der Waals surface area contributed by atoms with Gasteiger partial charge < -0.3 is 14.8 Å². The van der Waals surface area contributed by atoms with Crippen molar-refractivity contribution < 1.29 is 19.1 Å².